The summed E-state index contributed by atoms with van der Waals surface area (Å²) in [5.41, 5.74) is 1.27. The number of aliphatic carboxylic acids is 1. The molecule has 3 heteroatoms. The molecule has 0 unspecified atom stereocenters. The summed E-state index contributed by atoms with van der Waals surface area (Å²) in [6, 6.07) is 8.38. The molecule has 0 fully saturated rings. The predicted octanol–water partition coefficient (Wildman–Crippen LogP) is 3.34. The number of rotatable bonds is 6. The largest absolute Gasteiger partial charge is 0.481 e. The van der Waals surface area contributed by atoms with Gasteiger partial charge in [-0.15, -0.1) is 11.8 Å². The molecule has 0 amide bonds. The highest BCUT2D eigenvalue weighted by Gasteiger charge is 1.97. The van der Waals surface area contributed by atoms with Crippen LogP contribution in [0.15, 0.2) is 29.2 Å². The Morgan fingerprint density at radius 3 is 2.87 bits per heavy atom. The molecule has 15 heavy (non-hydrogen) atoms. The molecular formula is C12H16O2S. The Hall–Kier alpha value is -0.960. The summed E-state index contributed by atoms with van der Waals surface area (Å²) in [5.74, 6) is 0.298. The van der Waals surface area contributed by atoms with E-state index >= 15 is 0 Å². The first-order valence-electron chi connectivity index (χ1n) is 5.10. The lowest BCUT2D eigenvalue weighted by molar-refractivity contribution is -0.137. The molecular weight excluding hydrogens is 208 g/mol. The molecule has 0 saturated carbocycles. The molecule has 82 valence electrons. The van der Waals surface area contributed by atoms with Crippen LogP contribution >= 0.6 is 11.8 Å². The first-order valence-corrected chi connectivity index (χ1v) is 6.08. The molecule has 1 rings (SSSR count). The lowest BCUT2D eigenvalue weighted by Crippen LogP contribution is -1.94. The van der Waals surface area contributed by atoms with E-state index in [2.05, 4.69) is 31.2 Å². The van der Waals surface area contributed by atoms with Crippen LogP contribution in [0.2, 0.25) is 0 Å². The predicted molar refractivity (Wildman–Crippen MR) is 63.4 cm³/mol. The fourth-order valence-corrected chi connectivity index (χ4v) is 2.30. The molecule has 0 spiro atoms. The minimum Gasteiger partial charge on any atom is -0.481 e. The van der Waals surface area contributed by atoms with Gasteiger partial charge < -0.3 is 5.11 Å². The SMILES string of the molecule is Cc1cccc(SCCCCC(=O)O)c1. The Morgan fingerprint density at radius 2 is 2.20 bits per heavy atom. The summed E-state index contributed by atoms with van der Waals surface area (Å²) < 4.78 is 0. The number of carbonyl (C=O) groups is 1. The summed E-state index contributed by atoms with van der Waals surface area (Å²) in [5, 5.41) is 8.46. The highest BCUT2D eigenvalue weighted by Crippen LogP contribution is 2.20. The summed E-state index contributed by atoms with van der Waals surface area (Å²) in [4.78, 5) is 11.5. The quantitative estimate of drug-likeness (QED) is 0.595. The molecule has 1 aromatic carbocycles. The van der Waals surface area contributed by atoms with Gasteiger partial charge >= 0.3 is 5.97 Å². The van der Waals surface area contributed by atoms with Crippen molar-refractivity contribution in [2.75, 3.05) is 5.75 Å². The maximum atomic E-state index is 10.3. The number of benzene rings is 1. The van der Waals surface area contributed by atoms with Crippen LogP contribution < -0.4 is 0 Å². The van der Waals surface area contributed by atoms with Crippen LogP contribution in [0.3, 0.4) is 0 Å². The van der Waals surface area contributed by atoms with Crippen LogP contribution in [-0.4, -0.2) is 16.8 Å². The van der Waals surface area contributed by atoms with Crippen LogP contribution in [0, 0.1) is 6.92 Å². The van der Waals surface area contributed by atoms with E-state index in [4.69, 9.17) is 5.11 Å². The van der Waals surface area contributed by atoms with Gasteiger partial charge in [-0.3, -0.25) is 4.79 Å². The minimum absolute atomic E-state index is 0.286. The van der Waals surface area contributed by atoms with E-state index < -0.39 is 5.97 Å². The van der Waals surface area contributed by atoms with E-state index in [9.17, 15) is 4.79 Å². The van der Waals surface area contributed by atoms with Crippen molar-refractivity contribution in [1.82, 2.24) is 0 Å². The van der Waals surface area contributed by atoms with Crippen molar-refractivity contribution in [3.63, 3.8) is 0 Å². The molecule has 0 aromatic heterocycles. The Bertz CT molecular complexity index is 323. The number of aryl methyl sites for hydroxylation is 1. The number of hydrogen-bond acceptors (Lipinski definition) is 2. The van der Waals surface area contributed by atoms with Crippen LogP contribution in [0.5, 0.6) is 0 Å². The molecule has 0 aliphatic heterocycles. The maximum absolute atomic E-state index is 10.3. The van der Waals surface area contributed by atoms with Gasteiger partial charge in [0.05, 0.1) is 0 Å². The number of unbranched alkanes of at least 4 members (excludes halogenated alkanes) is 1. The van der Waals surface area contributed by atoms with Crippen molar-refractivity contribution in [2.45, 2.75) is 31.1 Å². The molecule has 0 aliphatic rings. The van der Waals surface area contributed by atoms with Crippen LogP contribution in [-0.2, 0) is 4.79 Å². The number of carboxylic acids is 1. The van der Waals surface area contributed by atoms with Gasteiger partial charge in [0.2, 0.25) is 0 Å². The molecule has 0 bridgehead atoms. The fourth-order valence-electron chi connectivity index (χ4n) is 1.27. The first-order chi connectivity index (χ1) is 7.18. The normalized spacial score (nSPS) is 10.2. The zero-order chi connectivity index (χ0) is 11.1. The second-order valence-electron chi connectivity index (χ2n) is 3.52. The van der Waals surface area contributed by atoms with Crippen LogP contribution in [0.25, 0.3) is 0 Å². The summed E-state index contributed by atoms with van der Waals surface area (Å²) in [6.45, 7) is 2.08. The van der Waals surface area contributed by atoms with Gasteiger partial charge in [0.1, 0.15) is 0 Å². The number of carboxylic acid groups (broad SMARTS) is 1. The monoisotopic (exact) mass is 224 g/mol. The zero-order valence-electron chi connectivity index (χ0n) is 8.90. The molecule has 1 aromatic rings. The lowest BCUT2D eigenvalue weighted by Gasteiger charge is -2.01. The van der Waals surface area contributed by atoms with E-state index in [0.29, 0.717) is 0 Å². The fraction of sp³-hybridized carbons (Fsp3) is 0.417. The third kappa shape index (κ3) is 5.47. The number of thioether (sulfide) groups is 1. The Balaban J connectivity index is 2.17. The topological polar surface area (TPSA) is 37.3 Å². The van der Waals surface area contributed by atoms with Gasteiger partial charge in [-0.2, -0.15) is 0 Å². The summed E-state index contributed by atoms with van der Waals surface area (Å²) >= 11 is 1.79. The lowest BCUT2D eigenvalue weighted by atomic mass is 10.2. The van der Waals surface area contributed by atoms with Gasteiger partial charge in [-0.05, 0) is 37.7 Å². The molecule has 0 atom stereocenters. The Kier molecular flexibility index (Phi) is 5.26. The van der Waals surface area contributed by atoms with Crippen molar-refractivity contribution in [2.24, 2.45) is 0 Å². The molecule has 0 saturated heterocycles. The van der Waals surface area contributed by atoms with E-state index in [-0.39, 0.29) is 6.42 Å². The van der Waals surface area contributed by atoms with Crippen molar-refractivity contribution in [1.29, 1.82) is 0 Å². The highest BCUT2D eigenvalue weighted by molar-refractivity contribution is 7.99. The third-order valence-corrected chi connectivity index (χ3v) is 3.12. The second-order valence-corrected chi connectivity index (χ2v) is 4.68. The van der Waals surface area contributed by atoms with Crippen molar-refractivity contribution in [3.8, 4) is 0 Å². The third-order valence-electron chi connectivity index (χ3n) is 2.04. The van der Waals surface area contributed by atoms with Gasteiger partial charge in [0, 0.05) is 11.3 Å². The molecule has 0 radical (unpaired) electrons. The van der Waals surface area contributed by atoms with Crippen LogP contribution in [0.1, 0.15) is 24.8 Å². The Morgan fingerprint density at radius 1 is 1.40 bits per heavy atom. The zero-order valence-corrected chi connectivity index (χ0v) is 9.72. The first kappa shape index (κ1) is 12.1. The highest BCUT2D eigenvalue weighted by atomic mass is 32.2. The molecule has 0 heterocycles. The van der Waals surface area contributed by atoms with Gasteiger partial charge in [0.15, 0.2) is 0 Å². The summed E-state index contributed by atoms with van der Waals surface area (Å²) in [6.07, 6.45) is 2.02. The van der Waals surface area contributed by atoms with Crippen molar-refractivity contribution in [3.05, 3.63) is 29.8 Å². The van der Waals surface area contributed by atoms with Gasteiger partial charge in [-0.25, -0.2) is 0 Å². The van der Waals surface area contributed by atoms with E-state index in [1.165, 1.54) is 10.5 Å². The molecule has 0 aliphatic carbocycles. The second kappa shape index (κ2) is 6.51. The Labute approximate surface area is 94.7 Å². The van der Waals surface area contributed by atoms with E-state index in [1.54, 1.807) is 11.8 Å². The standard InChI is InChI=1S/C12H16O2S/c1-10-5-4-6-11(9-10)15-8-3-2-7-12(13)14/h4-6,9H,2-3,7-8H2,1H3,(H,13,14). The van der Waals surface area contributed by atoms with Crippen LogP contribution in [0.4, 0.5) is 0 Å². The smallest absolute Gasteiger partial charge is 0.303 e. The van der Waals surface area contributed by atoms with E-state index in [0.717, 1.165) is 18.6 Å². The summed E-state index contributed by atoms with van der Waals surface area (Å²) in [7, 11) is 0. The average Bonchev–Trinajstić information content (AvgIpc) is 2.17. The average molecular weight is 224 g/mol. The van der Waals surface area contributed by atoms with Gasteiger partial charge in [-0.1, -0.05) is 17.7 Å². The molecule has 1 N–H and O–H groups in total. The van der Waals surface area contributed by atoms with E-state index in [1.807, 2.05) is 0 Å². The number of hydrogen-bond donors (Lipinski definition) is 1. The van der Waals surface area contributed by atoms with Gasteiger partial charge in [0.25, 0.3) is 0 Å². The molecule has 2 nitrogen and oxygen atoms in total. The maximum Gasteiger partial charge on any atom is 0.303 e. The van der Waals surface area contributed by atoms with Crippen molar-refractivity contribution < 1.29 is 9.90 Å². The minimum atomic E-state index is -0.699. The van der Waals surface area contributed by atoms with Crippen molar-refractivity contribution >= 4 is 17.7 Å².